The van der Waals surface area contributed by atoms with Crippen LogP contribution in [-0.4, -0.2) is 19.9 Å². The standard InChI is InChI=1S/C11H14N4/c1-11(2)5-7(6-11)8-14-9-10(15-8)13-4-3-12-9/h3-4,7H,5-6H2,1-2H3,(H,12,13,14,15). The first-order valence-corrected chi connectivity index (χ1v) is 5.31. The summed E-state index contributed by atoms with van der Waals surface area (Å²) >= 11 is 0. The zero-order valence-electron chi connectivity index (χ0n) is 8.99. The first kappa shape index (κ1) is 8.83. The van der Waals surface area contributed by atoms with Crippen molar-refractivity contribution in [1.82, 2.24) is 19.9 Å². The molecule has 15 heavy (non-hydrogen) atoms. The Morgan fingerprint density at radius 3 is 2.67 bits per heavy atom. The predicted molar refractivity (Wildman–Crippen MR) is 57.4 cm³/mol. The molecular weight excluding hydrogens is 188 g/mol. The molecule has 0 unspecified atom stereocenters. The van der Waals surface area contributed by atoms with Crippen molar-refractivity contribution < 1.29 is 0 Å². The molecule has 2 aromatic rings. The Kier molecular flexibility index (Phi) is 1.63. The Labute approximate surface area is 88.2 Å². The van der Waals surface area contributed by atoms with Crippen molar-refractivity contribution in [2.45, 2.75) is 32.6 Å². The number of imidazole rings is 1. The van der Waals surface area contributed by atoms with Crippen LogP contribution >= 0.6 is 0 Å². The third kappa shape index (κ3) is 1.40. The Hall–Kier alpha value is -1.45. The number of hydrogen-bond donors (Lipinski definition) is 1. The average Bonchev–Trinajstić information content (AvgIpc) is 2.56. The highest BCUT2D eigenvalue weighted by Gasteiger charge is 2.38. The quantitative estimate of drug-likeness (QED) is 0.771. The van der Waals surface area contributed by atoms with Crippen molar-refractivity contribution in [2.24, 2.45) is 5.41 Å². The summed E-state index contributed by atoms with van der Waals surface area (Å²) in [5, 5.41) is 0. The third-order valence-corrected chi connectivity index (χ3v) is 3.14. The lowest BCUT2D eigenvalue weighted by atomic mass is 9.64. The summed E-state index contributed by atoms with van der Waals surface area (Å²) in [5.41, 5.74) is 2.01. The molecule has 1 N–H and O–H groups in total. The van der Waals surface area contributed by atoms with Crippen LogP contribution in [0.5, 0.6) is 0 Å². The van der Waals surface area contributed by atoms with Crippen LogP contribution in [-0.2, 0) is 0 Å². The van der Waals surface area contributed by atoms with Crippen molar-refractivity contribution in [3.8, 4) is 0 Å². The number of nitrogens with one attached hydrogen (secondary N) is 1. The van der Waals surface area contributed by atoms with E-state index in [1.165, 1.54) is 12.8 Å². The predicted octanol–water partition coefficient (Wildman–Crippen LogP) is 2.26. The second kappa shape index (κ2) is 2.78. The van der Waals surface area contributed by atoms with Gasteiger partial charge in [-0.2, -0.15) is 0 Å². The van der Waals surface area contributed by atoms with Gasteiger partial charge in [-0.3, -0.25) is 0 Å². The van der Waals surface area contributed by atoms with Crippen LogP contribution in [0.25, 0.3) is 11.3 Å². The van der Waals surface area contributed by atoms with Gasteiger partial charge >= 0.3 is 0 Å². The van der Waals surface area contributed by atoms with Gasteiger partial charge in [0.05, 0.1) is 0 Å². The molecule has 2 heterocycles. The third-order valence-electron chi connectivity index (χ3n) is 3.14. The molecule has 0 amide bonds. The van der Waals surface area contributed by atoms with Gasteiger partial charge in [0, 0.05) is 18.3 Å². The van der Waals surface area contributed by atoms with Crippen LogP contribution in [0.2, 0.25) is 0 Å². The minimum atomic E-state index is 0.477. The molecule has 0 aliphatic heterocycles. The van der Waals surface area contributed by atoms with Crippen molar-refractivity contribution >= 4 is 11.3 Å². The Morgan fingerprint density at radius 1 is 1.27 bits per heavy atom. The number of aromatic nitrogens is 4. The number of nitrogens with zero attached hydrogens (tertiary/aromatic N) is 3. The molecule has 0 saturated heterocycles. The average molecular weight is 202 g/mol. The second-order valence-electron chi connectivity index (χ2n) is 5.12. The topological polar surface area (TPSA) is 54.5 Å². The highest BCUT2D eigenvalue weighted by atomic mass is 15.0. The van der Waals surface area contributed by atoms with Crippen LogP contribution in [0.1, 0.15) is 38.4 Å². The number of H-pyrrole nitrogens is 1. The first-order chi connectivity index (χ1) is 7.14. The first-order valence-electron chi connectivity index (χ1n) is 5.31. The van der Waals surface area contributed by atoms with Gasteiger partial charge < -0.3 is 4.98 Å². The lowest BCUT2D eigenvalue weighted by Crippen LogP contribution is -2.30. The number of rotatable bonds is 1. The fourth-order valence-corrected chi connectivity index (χ4v) is 2.43. The summed E-state index contributed by atoms with van der Waals surface area (Å²) in [5.74, 6) is 1.62. The molecule has 78 valence electrons. The normalized spacial score (nSPS) is 20.4. The second-order valence-corrected chi connectivity index (χ2v) is 5.12. The molecule has 3 rings (SSSR count). The van der Waals surface area contributed by atoms with E-state index in [1.54, 1.807) is 12.4 Å². The van der Waals surface area contributed by atoms with Gasteiger partial charge in [0.15, 0.2) is 11.3 Å². The largest absolute Gasteiger partial charge is 0.325 e. The van der Waals surface area contributed by atoms with Crippen molar-refractivity contribution in [2.75, 3.05) is 0 Å². The van der Waals surface area contributed by atoms with Crippen LogP contribution in [0.15, 0.2) is 12.4 Å². The van der Waals surface area contributed by atoms with Gasteiger partial charge in [-0.25, -0.2) is 15.0 Å². The zero-order valence-corrected chi connectivity index (χ0v) is 8.99. The van der Waals surface area contributed by atoms with Gasteiger partial charge in [0.2, 0.25) is 0 Å². The van der Waals surface area contributed by atoms with E-state index in [0.717, 1.165) is 17.1 Å². The SMILES string of the molecule is CC1(C)CC(c2nc3nccnc3[nH]2)C1. The smallest absolute Gasteiger partial charge is 0.197 e. The molecule has 0 bridgehead atoms. The molecule has 1 saturated carbocycles. The molecule has 0 spiro atoms. The highest BCUT2D eigenvalue weighted by molar-refractivity contribution is 5.64. The van der Waals surface area contributed by atoms with Crippen molar-refractivity contribution in [3.63, 3.8) is 0 Å². The minimum absolute atomic E-state index is 0.477. The van der Waals surface area contributed by atoms with Crippen LogP contribution in [0, 0.1) is 5.41 Å². The van der Waals surface area contributed by atoms with E-state index in [-0.39, 0.29) is 0 Å². The molecule has 2 aromatic heterocycles. The van der Waals surface area contributed by atoms with Gasteiger partial charge in [-0.05, 0) is 18.3 Å². The molecule has 0 aromatic carbocycles. The van der Waals surface area contributed by atoms with Crippen LogP contribution in [0.4, 0.5) is 0 Å². The van der Waals surface area contributed by atoms with E-state index in [9.17, 15) is 0 Å². The molecule has 4 nitrogen and oxygen atoms in total. The molecule has 1 aliphatic carbocycles. The highest BCUT2D eigenvalue weighted by Crippen LogP contribution is 2.49. The maximum Gasteiger partial charge on any atom is 0.197 e. The molecular formula is C11H14N4. The Morgan fingerprint density at radius 2 is 2.00 bits per heavy atom. The number of hydrogen-bond acceptors (Lipinski definition) is 3. The molecule has 0 atom stereocenters. The van der Waals surface area contributed by atoms with Crippen molar-refractivity contribution in [3.05, 3.63) is 18.2 Å². The lowest BCUT2D eigenvalue weighted by molar-refractivity contribution is 0.146. The summed E-state index contributed by atoms with van der Waals surface area (Å²) in [6.45, 7) is 4.59. The van der Waals surface area contributed by atoms with E-state index in [0.29, 0.717) is 11.3 Å². The van der Waals surface area contributed by atoms with E-state index in [2.05, 4.69) is 33.8 Å². The fraction of sp³-hybridized carbons (Fsp3) is 0.545. The summed E-state index contributed by atoms with van der Waals surface area (Å²) in [6, 6.07) is 0. The lowest BCUT2D eigenvalue weighted by Gasteiger charge is -2.41. The molecule has 0 radical (unpaired) electrons. The van der Waals surface area contributed by atoms with Crippen LogP contribution < -0.4 is 0 Å². The monoisotopic (exact) mass is 202 g/mol. The van der Waals surface area contributed by atoms with E-state index < -0.39 is 0 Å². The van der Waals surface area contributed by atoms with Gasteiger partial charge in [-0.15, -0.1) is 0 Å². The van der Waals surface area contributed by atoms with Crippen molar-refractivity contribution in [1.29, 1.82) is 0 Å². The Balaban J connectivity index is 1.93. The maximum absolute atomic E-state index is 4.47. The minimum Gasteiger partial charge on any atom is -0.325 e. The van der Waals surface area contributed by atoms with Gasteiger partial charge in [-0.1, -0.05) is 13.8 Å². The number of aromatic amines is 1. The fourth-order valence-electron chi connectivity index (χ4n) is 2.43. The van der Waals surface area contributed by atoms with Crippen LogP contribution in [0.3, 0.4) is 0 Å². The summed E-state index contributed by atoms with van der Waals surface area (Å²) in [7, 11) is 0. The van der Waals surface area contributed by atoms with E-state index >= 15 is 0 Å². The van der Waals surface area contributed by atoms with Gasteiger partial charge in [0.1, 0.15) is 5.82 Å². The molecule has 1 fully saturated rings. The maximum atomic E-state index is 4.47. The number of fused-ring (bicyclic) bond motifs is 1. The summed E-state index contributed by atoms with van der Waals surface area (Å²) < 4.78 is 0. The van der Waals surface area contributed by atoms with Gasteiger partial charge in [0.25, 0.3) is 0 Å². The van der Waals surface area contributed by atoms with E-state index in [1.807, 2.05) is 0 Å². The molecule has 1 aliphatic rings. The molecule has 4 heteroatoms. The van der Waals surface area contributed by atoms with E-state index in [4.69, 9.17) is 0 Å². The summed E-state index contributed by atoms with van der Waals surface area (Å²) in [4.78, 5) is 16.1. The zero-order chi connectivity index (χ0) is 10.5. The Bertz CT molecular complexity index is 459. The summed E-state index contributed by atoms with van der Waals surface area (Å²) in [6.07, 6.45) is 5.77.